The van der Waals surface area contributed by atoms with Crippen LogP contribution < -0.4 is 5.32 Å². The summed E-state index contributed by atoms with van der Waals surface area (Å²) in [6.45, 7) is 2.52. The van der Waals surface area contributed by atoms with Crippen molar-refractivity contribution in [3.8, 4) is 0 Å². The molecule has 1 atom stereocenters. The second kappa shape index (κ2) is 8.94. The van der Waals surface area contributed by atoms with Gasteiger partial charge >= 0.3 is 6.18 Å². The SMILES string of the molecule is O=C(NC[C@H](c1ccccc1Cl)N1CCOCC1)c1ccccc1C(F)(F)F. The molecule has 1 saturated heterocycles. The van der Waals surface area contributed by atoms with Crippen molar-refractivity contribution in [2.45, 2.75) is 12.2 Å². The van der Waals surface area contributed by atoms with Crippen LogP contribution in [0.4, 0.5) is 13.2 Å². The summed E-state index contributed by atoms with van der Waals surface area (Å²) < 4.78 is 45.0. The van der Waals surface area contributed by atoms with Crippen molar-refractivity contribution < 1.29 is 22.7 Å². The Morgan fingerprint density at radius 3 is 2.43 bits per heavy atom. The van der Waals surface area contributed by atoms with Gasteiger partial charge in [-0.25, -0.2) is 0 Å². The molecule has 1 aliphatic heterocycles. The lowest BCUT2D eigenvalue weighted by molar-refractivity contribution is -0.137. The number of amides is 1. The van der Waals surface area contributed by atoms with E-state index in [0.29, 0.717) is 31.3 Å². The maximum atomic E-state index is 13.2. The quantitative estimate of drug-likeness (QED) is 0.801. The van der Waals surface area contributed by atoms with Gasteiger partial charge in [-0.1, -0.05) is 41.9 Å². The number of rotatable bonds is 5. The van der Waals surface area contributed by atoms with Crippen LogP contribution in [-0.2, 0) is 10.9 Å². The average Bonchev–Trinajstić information content (AvgIpc) is 2.69. The first-order valence-electron chi connectivity index (χ1n) is 8.88. The van der Waals surface area contributed by atoms with Crippen LogP contribution >= 0.6 is 11.6 Å². The van der Waals surface area contributed by atoms with E-state index in [1.165, 1.54) is 18.2 Å². The highest BCUT2D eigenvalue weighted by molar-refractivity contribution is 6.31. The van der Waals surface area contributed by atoms with Crippen LogP contribution in [0.1, 0.15) is 27.5 Å². The van der Waals surface area contributed by atoms with E-state index in [9.17, 15) is 18.0 Å². The van der Waals surface area contributed by atoms with E-state index in [4.69, 9.17) is 16.3 Å². The Kier molecular flexibility index (Phi) is 6.59. The van der Waals surface area contributed by atoms with E-state index < -0.39 is 23.2 Å². The zero-order valence-corrected chi connectivity index (χ0v) is 15.8. The maximum absolute atomic E-state index is 13.2. The van der Waals surface area contributed by atoms with Crippen LogP contribution in [0, 0.1) is 0 Å². The molecule has 3 rings (SSSR count). The lowest BCUT2D eigenvalue weighted by atomic mass is 10.0. The molecule has 0 spiro atoms. The zero-order valence-electron chi connectivity index (χ0n) is 15.0. The molecule has 1 fully saturated rings. The summed E-state index contributed by atoms with van der Waals surface area (Å²) >= 11 is 6.34. The molecule has 1 N–H and O–H groups in total. The largest absolute Gasteiger partial charge is 0.417 e. The van der Waals surface area contributed by atoms with Crippen molar-refractivity contribution in [3.63, 3.8) is 0 Å². The summed E-state index contributed by atoms with van der Waals surface area (Å²) in [5, 5.41) is 3.20. The second-order valence-electron chi connectivity index (χ2n) is 6.44. The Balaban J connectivity index is 1.81. The third kappa shape index (κ3) is 4.84. The summed E-state index contributed by atoms with van der Waals surface area (Å²) in [6.07, 6.45) is -4.60. The third-order valence-corrected chi connectivity index (χ3v) is 5.03. The molecule has 2 aromatic carbocycles. The summed E-state index contributed by atoms with van der Waals surface area (Å²) in [7, 11) is 0. The van der Waals surface area contributed by atoms with Crippen LogP contribution in [0.2, 0.25) is 5.02 Å². The Hall–Kier alpha value is -2.09. The predicted octanol–water partition coefficient (Wildman–Crippen LogP) is 4.16. The summed E-state index contributed by atoms with van der Waals surface area (Å²) in [6, 6.07) is 11.8. The first kappa shape index (κ1) is 20.6. The number of nitrogens with zero attached hydrogens (tertiary/aromatic N) is 1. The van der Waals surface area contributed by atoms with Gasteiger partial charge < -0.3 is 10.1 Å². The molecule has 1 amide bonds. The lowest BCUT2D eigenvalue weighted by Gasteiger charge is -2.35. The highest BCUT2D eigenvalue weighted by atomic mass is 35.5. The minimum atomic E-state index is -4.60. The number of benzene rings is 2. The standard InChI is InChI=1S/C20H20ClF3N2O2/c21-17-8-4-2-6-15(17)18(26-9-11-28-12-10-26)13-25-19(27)14-5-1-3-7-16(14)20(22,23)24/h1-8,18H,9-13H2,(H,25,27)/t18-/m1/s1. The zero-order chi connectivity index (χ0) is 20.1. The average molecular weight is 413 g/mol. The van der Waals surface area contributed by atoms with Gasteiger partial charge in [-0.2, -0.15) is 13.2 Å². The van der Waals surface area contributed by atoms with Gasteiger partial charge in [0.1, 0.15) is 0 Å². The van der Waals surface area contributed by atoms with Gasteiger partial charge in [0.2, 0.25) is 0 Å². The topological polar surface area (TPSA) is 41.6 Å². The monoisotopic (exact) mass is 412 g/mol. The number of morpholine rings is 1. The van der Waals surface area contributed by atoms with Gasteiger partial charge in [0, 0.05) is 24.7 Å². The maximum Gasteiger partial charge on any atom is 0.417 e. The molecule has 0 saturated carbocycles. The molecule has 0 bridgehead atoms. The van der Waals surface area contributed by atoms with Crippen molar-refractivity contribution in [1.29, 1.82) is 0 Å². The molecule has 150 valence electrons. The molecular weight excluding hydrogens is 393 g/mol. The van der Waals surface area contributed by atoms with Gasteiger partial charge in [-0.05, 0) is 23.8 Å². The molecule has 0 aliphatic carbocycles. The smallest absolute Gasteiger partial charge is 0.379 e. The molecule has 0 aromatic heterocycles. The highest BCUT2D eigenvalue weighted by Gasteiger charge is 2.35. The highest BCUT2D eigenvalue weighted by Crippen LogP contribution is 2.32. The summed E-state index contributed by atoms with van der Waals surface area (Å²) in [5.74, 6) is -0.766. The van der Waals surface area contributed by atoms with E-state index in [0.717, 1.165) is 11.6 Å². The molecular formula is C20H20ClF3N2O2. The Morgan fingerprint density at radius 2 is 1.75 bits per heavy atom. The molecule has 2 aromatic rings. The first-order valence-corrected chi connectivity index (χ1v) is 9.26. The molecule has 1 heterocycles. The minimum Gasteiger partial charge on any atom is -0.379 e. The fourth-order valence-corrected chi connectivity index (χ4v) is 3.54. The van der Waals surface area contributed by atoms with Crippen LogP contribution in [-0.4, -0.2) is 43.7 Å². The number of alkyl halides is 3. The van der Waals surface area contributed by atoms with Gasteiger partial charge in [0.05, 0.1) is 30.4 Å². The van der Waals surface area contributed by atoms with E-state index in [2.05, 4.69) is 10.2 Å². The number of carbonyl (C=O) groups is 1. The van der Waals surface area contributed by atoms with Crippen molar-refractivity contribution >= 4 is 17.5 Å². The molecule has 4 nitrogen and oxygen atoms in total. The summed E-state index contributed by atoms with van der Waals surface area (Å²) in [4.78, 5) is 14.6. The second-order valence-corrected chi connectivity index (χ2v) is 6.85. The number of halogens is 4. The van der Waals surface area contributed by atoms with Crippen LogP contribution in [0.3, 0.4) is 0 Å². The number of carbonyl (C=O) groups excluding carboxylic acids is 1. The van der Waals surface area contributed by atoms with Crippen LogP contribution in [0.25, 0.3) is 0 Å². The van der Waals surface area contributed by atoms with Crippen molar-refractivity contribution in [2.24, 2.45) is 0 Å². The molecule has 0 radical (unpaired) electrons. The van der Waals surface area contributed by atoms with Crippen LogP contribution in [0.5, 0.6) is 0 Å². The van der Waals surface area contributed by atoms with Gasteiger partial charge in [0.15, 0.2) is 0 Å². The lowest BCUT2D eigenvalue weighted by Crippen LogP contribution is -2.44. The van der Waals surface area contributed by atoms with E-state index in [-0.39, 0.29) is 12.6 Å². The van der Waals surface area contributed by atoms with Crippen molar-refractivity contribution in [3.05, 3.63) is 70.2 Å². The van der Waals surface area contributed by atoms with Crippen molar-refractivity contribution in [1.82, 2.24) is 10.2 Å². The number of ether oxygens (including phenoxy) is 1. The Morgan fingerprint density at radius 1 is 1.11 bits per heavy atom. The van der Waals surface area contributed by atoms with Crippen molar-refractivity contribution in [2.75, 3.05) is 32.8 Å². The number of hydrogen-bond acceptors (Lipinski definition) is 3. The molecule has 0 unspecified atom stereocenters. The number of hydrogen-bond donors (Lipinski definition) is 1. The Labute approximate surface area is 166 Å². The summed E-state index contributed by atoms with van der Waals surface area (Å²) in [5.41, 5.74) is -0.529. The minimum absolute atomic E-state index is 0.134. The predicted molar refractivity (Wildman–Crippen MR) is 100 cm³/mol. The number of nitrogens with one attached hydrogen (secondary N) is 1. The van der Waals surface area contributed by atoms with Crippen LogP contribution in [0.15, 0.2) is 48.5 Å². The van der Waals surface area contributed by atoms with E-state index >= 15 is 0 Å². The van der Waals surface area contributed by atoms with E-state index in [1.807, 2.05) is 12.1 Å². The molecule has 1 aliphatic rings. The third-order valence-electron chi connectivity index (χ3n) is 4.68. The Bertz CT molecular complexity index is 823. The molecule has 28 heavy (non-hydrogen) atoms. The normalized spacial score (nSPS) is 16.6. The van der Waals surface area contributed by atoms with Gasteiger partial charge in [-0.3, -0.25) is 9.69 Å². The fourth-order valence-electron chi connectivity index (χ4n) is 3.28. The fraction of sp³-hybridized carbons (Fsp3) is 0.350. The van der Waals surface area contributed by atoms with Gasteiger partial charge in [0.25, 0.3) is 5.91 Å². The van der Waals surface area contributed by atoms with Gasteiger partial charge in [-0.15, -0.1) is 0 Å². The van der Waals surface area contributed by atoms with E-state index in [1.54, 1.807) is 12.1 Å². The first-order chi connectivity index (χ1) is 13.4. The molecule has 8 heteroatoms.